The SMILES string of the molecule is CC(C)O.CCO.Clc1ccc(Cl)cc1.OCCO.OCCO. The first-order valence-corrected chi connectivity index (χ1v) is 7.66. The van der Waals surface area contributed by atoms with Crippen molar-refractivity contribution in [2.75, 3.05) is 33.0 Å². The largest absolute Gasteiger partial charge is 0.397 e. The van der Waals surface area contributed by atoms with Crippen LogP contribution in [0.3, 0.4) is 0 Å². The predicted octanol–water partition coefficient (Wildman–Crippen LogP) is 1.32. The van der Waals surface area contributed by atoms with Gasteiger partial charge in [0, 0.05) is 22.8 Å². The lowest BCUT2D eigenvalue weighted by atomic mass is 10.4. The van der Waals surface area contributed by atoms with Crippen molar-refractivity contribution in [2.45, 2.75) is 26.9 Å². The summed E-state index contributed by atoms with van der Waals surface area (Å²) in [6.45, 7) is 4.88. The summed E-state index contributed by atoms with van der Waals surface area (Å²) in [6, 6.07) is 7.02. The first-order valence-electron chi connectivity index (χ1n) is 6.90. The van der Waals surface area contributed by atoms with Crippen molar-refractivity contribution in [3.63, 3.8) is 0 Å². The van der Waals surface area contributed by atoms with Crippen LogP contribution in [-0.4, -0.2) is 69.8 Å². The molecule has 6 nitrogen and oxygen atoms in total. The van der Waals surface area contributed by atoms with Gasteiger partial charge in [-0.2, -0.15) is 0 Å². The molecule has 8 heteroatoms. The lowest BCUT2D eigenvalue weighted by Crippen LogP contribution is -1.85. The highest BCUT2D eigenvalue weighted by atomic mass is 35.5. The molecule has 0 bridgehead atoms. The number of hydrogen-bond acceptors (Lipinski definition) is 6. The molecule has 0 spiro atoms. The van der Waals surface area contributed by atoms with E-state index in [-0.39, 0.29) is 39.1 Å². The maximum Gasteiger partial charge on any atom is 0.0662 e. The summed E-state index contributed by atoms with van der Waals surface area (Å²) in [6.07, 6.45) is -0.167. The van der Waals surface area contributed by atoms with Crippen LogP contribution in [0.15, 0.2) is 24.3 Å². The van der Waals surface area contributed by atoms with Crippen LogP contribution in [0.1, 0.15) is 20.8 Å². The second-order valence-electron chi connectivity index (χ2n) is 3.74. The lowest BCUT2D eigenvalue weighted by Gasteiger charge is -1.86. The fourth-order valence-electron chi connectivity index (χ4n) is 0.430. The topological polar surface area (TPSA) is 121 Å². The smallest absolute Gasteiger partial charge is 0.0662 e. The van der Waals surface area contributed by atoms with Gasteiger partial charge in [0.2, 0.25) is 0 Å². The Balaban J connectivity index is -0.000000105. The first-order chi connectivity index (χ1) is 10.8. The summed E-state index contributed by atoms with van der Waals surface area (Å²) in [4.78, 5) is 0. The van der Waals surface area contributed by atoms with Crippen molar-refractivity contribution in [3.05, 3.63) is 34.3 Å². The highest BCUT2D eigenvalue weighted by Gasteiger charge is 1.83. The monoisotopic (exact) mass is 376 g/mol. The fourth-order valence-corrected chi connectivity index (χ4v) is 0.682. The molecule has 0 amide bonds. The molecule has 1 aromatic rings. The molecular formula is C15H30Cl2O6. The molecule has 6 N–H and O–H groups in total. The van der Waals surface area contributed by atoms with E-state index in [9.17, 15) is 0 Å². The van der Waals surface area contributed by atoms with Gasteiger partial charge < -0.3 is 30.6 Å². The van der Waals surface area contributed by atoms with Gasteiger partial charge in [0.15, 0.2) is 0 Å². The van der Waals surface area contributed by atoms with E-state index in [2.05, 4.69) is 0 Å². The zero-order valence-corrected chi connectivity index (χ0v) is 15.4. The van der Waals surface area contributed by atoms with Crippen molar-refractivity contribution in [3.8, 4) is 0 Å². The van der Waals surface area contributed by atoms with E-state index in [0.29, 0.717) is 0 Å². The number of aliphatic hydroxyl groups excluding tert-OH is 6. The van der Waals surface area contributed by atoms with Crippen LogP contribution in [0.4, 0.5) is 0 Å². The van der Waals surface area contributed by atoms with E-state index >= 15 is 0 Å². The minimum atomic E-state index is -0.167. The maximum absolute atomic E-state index is 8.06. The van der Waals surface area contributed by atoms with Gasteiger partial charge in [0.1, 0.15) is 0 Å². The van der Waals surface area contributed by atoms with Crippen LogP contribution in [0.5, 0.6) is 0 Å². The van der Waals surface area contributed by atoms with E-state index in [0.717, 1.165) is 10.0 Å². The molecule has 0 fully saturated rings. The third kappa shape index (κ3) is 61.7. The Labute approximate surface area is 148 Å². The van der Waals surface area contributed by atoms with Gasteiger partial charge in [0.25, 0.3) is 0 Å². The number of aliphatic hydroxyl groups is 6. The molecule has 0 atom stereocenters. The van der Waals surface area contributed by atoms with Crippen LogP contribution in [-0.2, 0) is 0 Å². The minimum absolute atomic E-state index is 0.125. The fraction of sp³-hybridized carbons (Fsp3) is 0.600. The molecule has 0 unspecified atom stereocenters. The van der Waals surface area contributed by atoms with Gasteiger partial charge >= 0.3 is 0 Å². The molecule has 0 saturated carbocycles. The van der Waals surface area contributed by atoms with Gasteiger partial charge in [0.05, 0.1) is 26.4 Å². The van der Waals surface area contributed by atoms with Crippen LogP contribution < -0.4 is 0 Å². The van der Waals surface area contributed by atoms with Crippen molar-refractivity contribution in [1.82, 2.24) is 0 Å². The maximum atomic E-state index is 8.06. The summed E-state index contributed by atoms with van der Waals surface area (Å²) in [7, 11) is 0. The van der Waals surface area contributed by atoms with Gasteiger partial charge in [-0.1, -0.05) is 23.2 Å². The van der Waals surface area contributed by atoms with Crippen molar-refractivity contribution in [2.24, 2.45) is 0 Å². The van der Waals surface area contributed by atoms with Crippen molar-refractivity contribution in [1.29, 1.82) is 0 Å². The molecule has 1 rings (SSSR count). The highest BCUT2D eigenvalue weighted by molar-refractivity contribution is 6.32. The average Bonchev–Trinajstić information content (AvgIpc) is 2.51. The van der Waals surface area contributed by atoms with E-state index in [1.807, 2.05) is 0 Å². The summed E-state index contributed by atoms with van der Waals surface area (Å²) in [5.41, 5.74) is 0. The lowest BCUT2D eigenvalue weighted by molar-refractivity contribution is 0.186. The number of benzene rings is 1. The molecule has 23 heavy (non-hydrogen) atoms. The number of rotatable bonds is 2. The van der Waals surface area contributed by atoms with Crippen LogP contribution in [0.25, 0.3) is 0 Å². The molecule has 0 aliphatic carbocycles. The quantitative estimate of drug-likeness (QED) is 0.462. The Morgan fingerprint density at radius 3 is 0.957 bits per heavy atom. The van der Waals surface area contributed by atoms with E-state index in [4.69, 9.17) is 53.8 Å². The van der Waals surface area contributed by atoms with E-state index in [1.54, 1.807) is 45.0 Å². The van der Waals surface area contributed by atoms with Gasteiger partial charge in [-0.3, -0.25) is 0 Å². The summed E-state index contributed by atoms with van der Waals surface area (Å²) in [5.74, 6) is 0. The minimum Gasteiger partial charge on any atom is -0.397 e. The third-order valence-electron chi connectivity index (χ3n) is 1.00. The highest BCUT2D eigenvalue weighted by Crippen LogP contribution is 2.12. The summed E-state index contributed by atoms with van der Waals surface area (Å²) in [5, 5.41) is 47.6. The zero-order valence-electron chi connectivity index (χ0n) is 13.9. The van der Waals surface area contributed by atoms with Crippen LogP contribution >= 0.6 is 23.2 Å². The molecule has 0 saturated heterocycles. The Kier molecular flexibility index (Phi) is 39.1. The normalized spacial score (nSPS) is 8.17. The third-order valence-corrected chi connectivity index (χ3v) is 1.51. The zero-order chi connectivity index (χ0) is 19.1. The molecule has 0 aliphatic rings. The number of hydrogen-bond donors (Lipinski definition) is 6. The molecule has 0 aromatic heterocycles. The molecule has 0 heterocycles. The number of halogens is 2. The Hall–Kier alpha value is -0.440. The Morgan fingerprint density at radius 1 is 0.739 bits per heavy atom. The standard InChI is InChI=1S/C6H4Cl2.C3H8O.2C2H6O2.C2H6O/c7-5-1-2-6(8)4-3-5;1-3(2)4;2*3-1-2-4;1-2-3/h1-4H;3-4H,1-2H3;2*3-4H,1-2H2;3H,2H2,1H3. The van der Waals surface area contributed by atoms with Gasteiger partial charge in [-0.05, 0) is 45.0 Å². The van der Waals surface area contributed by atoms with Crippen molar-refractivity contribution < 1.29 is 30.6 Å². The molecular weight excluding hydrogens is 347 g/mol. The second kappa shape index (κ2) is 29.6. The Morgan fingerprint density at radius 2 is 0.870 bits per heavy atom. The second-order valence-corrected chi connectivity index (χ2v) is 4.61. The summed E-state index contributed by atoms with van der Waals surface area (Å²) >= 11 is 11.1. The first kappa shape index (κ1) is 30.4. The van der Waals surface area contributed by atoms with Crippen LogP contribution in [0.2, 0.25) is 10.0 Å². The summed E-state index contributed by atoms with van der Waals surface area (Å²) < 4.78 is 0. The van der Waals surface area contributed by atoms with Gasteiger partial charge in [-0.25, -0.2) is 0 Å². The van der Waals surface area contributed by atoms with Gasteiger partial charge in [-0.15, -0.1) is 0 Å². The van der Waals surface area contributed by atoms with Crippen LogP contribution in [0, 0.1) is 0 Å². The van der Waals surface area contributed by atoms with Crippen molar-refractivity contribution >= 4 is 23.2 Å². The van der Waals surface area contributed by atoms with E-state index < -0.39 is 0 Å². The molecule has 140 valence electrons. The molecule has 0 aliphatic heterocycles. The van der Waals surface area contributed by atoms with E-state index in [1.165, 1.54) is 0 Å². The average molecular weight is 377 g/mol. The Bertz CT molecular complexity index is 252. The molecule has 1 aromatic carbocycles. The predicted molar refractivity (Wildman–Crippen MR) is 94.9 cm³/mol. The molecule has 0 radical (unpaired) electrons.